The molecule has 0 bridgehead atoms. The maximum Gasteiger partial charge on any atom is 0.221 e. The topological polar surface area (TPSA) is 60.5 Å². The molecule has 1 aromatic heterocycles. The Morgan fingerprint density at radius 2 is 1.57 bits per heavy atom. The van der Waals surface area contributed by atoms with Gasteiger partial charge in [-0.1, -0.05) is 81.1 Å². The molecular formula is C30H52N2O3. The van der Waals surface area contributed by atoms with Crippen molar-refractivity contribution in [1.29, 1.82) is 0 Å². The van der Waals surface area contributed by atoms with Crippen molar-refractivity contribution in [2.24, 2.45) is 11.8 Å². The van der Waals surface area contributed by atoms with E-state index in [0.717, 1.165) is 40.4 Å². The summed E-state index contributed by atoms with van der Waals surface area (Å²) in [5.74, 6) is 3.41. The molecule has 1 heterocycles. The van der Waals surface area contributed by atoms with E-state index in [1.54, 1.807) is 20.4 Å². The van der Waals surface area contributed by atoms with Crippen LogP contribution >= 0.6 is 0 Å². The van der Waals surface area contributed by atoms with Crippen molar-refractivity contribution in [3.05, 3.63) is 23.9 Å². The normalized spacial score (nSPS) is 12.9. The summed E-state index contributed by atoms with van der Waals surface area (Å²) in [6.45, 7) is 19.0. The Hall–Kier alpha value is -2.30. The number of hydrogen-bond acceptors (Lipinski definition) is 4. The van der Waals surface area contributed by atoms with Gasteiger partial charge >= 0.3 is 0 Å². The molecule has 3 unspecified atom stereocenters. The van der Waals surface area contributed by atoms with Gasteiger partial charge in [0.2, 0.25) is 5.91 Å². The molecule has 0 fully saturated rings. The molecule has 200 valence electrons. The standard InChI is InChI=1S/C17H22N2O3.C11H24.C2H6/c1-6-10(2)17-12-7-15(21-4)16(22-5)8-13(12)18-9-14(17)19-11(3)20;1-5-8-11(7-3)9-10(4)6-2;1-2/h7-10H,6H2,1-5H3,(H,19,20);10-11H,5-9H2,1-4H3;1-2H3. The number of amides is 1. The lowest BCUT2D eigenvalue weighted by atomic mass is 9.89. The highest BCUT2D eigenvalue weighted by atomic mass is 16.5. The molecule has 1 aromatic carbocycles. The zero-order valence-corrected chi connectivity index (χ0v) is 24.4. The number of ether oxygens (including phenoxy) is 2. The van der Waals surface area contributed by atoms with Gasteiger partial charge in [-0.2, -0.15) is 0 Å². The summed E-state index contributed by atoms with van der Waals surface area (Å²) in [7, 11) is 3.21. The van der Waals surface area contributed by atoms with Crippen LogP contribution in [0.3, 0.4) is 0 Å². The van der Waals surface area contributed by atoms with Gasteiger partial charge in [0.15, 0.2) is 11.5 Å². The van der Waals surface area contributed by atoms with Crippen LogP contribution in [0.4, 0.5) is 5.69 Å². The van der Waals surface area contributed by atoms with Crippen LogP contribution in [-0.2, 0) is 4.79 Å². The molecule has 0 aliphatic rings. The van der Waals surface area contributed by atoms with Gasteiger partial charge in [0.05, 0.1) is 31.6 Å². The molecule has 0 saturated heterocycles. The van der Waals surface area contributed by atoms with E-state index >= 15 is 0 Å². The summed E-state index contributed by atoms with van der Waals surface area (Å²) in [6.07, 6.45) is 9.62. The minimum atomic E-state index is -0.105. The van der Waals surface area contributed by atoms with E-state index in [4.69, 9.17) is 9.47 Å². The minimum Gasteiger partial charge on any atom is -0.493 e. The van der Waals surface area contributed by atoms with Gasteiger partial charge in [-0.25, -0.2) is 0 Å². The average molecular weight is 489 g/mol. The van der Waals surface area contributed by atoms with E-state index in [1.165, 1.54) is 39.0 Å². The van der Waals surface area contributed by atoms with Gasteiger partial charge in [0.25, 0.3) is 0 Å². The first-order valence-corrected chi connectivity index (χ1v) is 13.6. The molecular weight excluding hydrogens is 436 g/mol. The number of aromatic nitrogens is 1. The van der Waals surface area contributed by atoms with Crippen LogP contribution in [0.25, 0.3) is 10.9 Å². The Morgan fingerprint density at radius 1 is 0.971 bits per heavy atom. The third-order valence-corrected chi connectivity index (χ3v) is 6.54. The number of rotatable bonds is 11. The second-order valence-electron chi connectivity index (χ2n) is 9.11. The third kappa shape index (κ3) is 10.5. The number of carbonyl (C=O) groups excluding carboxylic acids is 1. The summed E-state index contributed by atoms with van der Waals surface area (Å²) in [5, 5.41) is 3.84. The van der Waals surface area contributed by atoms with Crippen molar-refractivity contribution in [3.8, 4) is 11.5 Å². The molecule has 1 amide bonds. The summed E-state index contributed by atoms with van der Waals surface area (Å²) in [5.41, 5.74) is 2.65. The summed E-state index contributed by atoms with van der Waals surface area (Å²) < 4.78 is 10.7. The highest BCUT2D eigenvalue weighted by Crippen LogP contribution is 2.38. The van der Waals surface area contributed by atoms with E-state index < -0.39 is 0 Å². The third-order valence-electron chi connectivity index (χ3n) is 6.54. The zero-order chi connectivity index (χ0) is 27.0. The lowest BCUT2D eigenvalue weighted by Gasteiger charge is -2.19. The number of hydrogen-bond donors (Lipinski definition) is 1. The van der Waals surface area contributed by atoms with Gasteiger partial charge in [0.1, 0.15) is 0 Å². The molecule has 0 radical (unpaired) electrons. The number of nitrogens with one attached hydrogen (secondary N) is 1. The first-order chi connectivity index (χ1) is 16.8. The van der Waals surface area contributed by atoms with Gasteiger partial charge in [-0.3, -0.25) is 9.78 Å². The van der Waals surface area contributed by atoms with Crippen molar-refractivity contribution in [3.63, 3.8) is 0 Å². The molecule has 0 aliphatic heterocycles. The predicted molar refractivity (Wildman–Crippen MR) is 152 cm³/mol. The number of anilines is 1. The number of nitrogens with zero attached hydrogens (tertiary/aromatic N) is 1. The molecule has 2 rings (SSSR count). The largest absolute Gasteiger partial charge is 0.493 e. The second-order valence-corrected chi connectivity index (χ2v) is 9.11. The van der Waals surface area contributed by atoms with E-state index in [-0.39, 0.29) is 11.8 Å². The molecule has 35 heavy (non-hydrogen) atoms. The van der Waals surface area contributed by atoms with Crippen molar-refractivity contribution in [1.82, 2.24) is 4.98 Å². The minimum absolute atomic E-state index is 0.105. The lowest BCUT2D eigenvalue weighted by Crippen LogP contribution is -2.10. The first-order valence-electron chi connectivity index (χ1n) is 13.6. The van der Waals surface area contributed by atoms with Crippen LogP contribution in [0.2, 0.25) is 0 Å². The molecule has 5 nitrogen and oxygen atoms in total. The van der Waals surface area contributed by atoms with Crippen LogP contribution in [-0.4, -0.2) is 25.1 Å². The molecule has 1 N–H and O–H groups in total. The van der Waals surface area contributed by atoms with Crippen LogP contribution in [0, 0.1) is 11.8 Å². The van der Waals surface area contributed by atoms with Gasteiger partial charge in [0, 0.05) is 18.4 Å². The van der Waals surface area contributed by atoms with Crippen molar-refractivity contribution < 1.29 is 14.3 Å². The summed E-state index contributed by atoms with van der Waals surface area (Å²) in [6, 6.07) is 3.78. The molecule has 5 heteroatoms. The smallest absolute Gasteiger partial charge is 0.221 e. The SMILES string of the molecule is CC.CCC(C)c1c(NC(C)=O)cnc2cc(OC)c(OC)cc12.CCCC(CC)CC(C)CC. The van der Waals surface area contributed by atoms with Crippen molar-refractivity contribution >= 4 is 22.5 Å². The molecule has 2 aromatic rings. The number of benzene rings is 1. The maximum atomic E-state index is 11.5. The first kappa shape index (κ1) is 32.7. The zero-order valence-electron chi connectivity index (χ0n) is 24.4. The van der Waals surface area contributed by atoms with E-state index in [2.05, 4.69) is 51.8 Å². The van der Waals surface area contributed by atoms with Crippen molar-refractivity contribution in [2.75, 3.05) is 19.5 Å². The fraction of sp³-hybridized carbons (Fsp3) is 0.667. The van der Waals surface area contributed by atoms with Crippen molar-refractivity contribution in [2.45, 2.75) is 107 Å². The maximum absolute atomic E-state index is 11.5. The fourth-order valence-electron chi connectivity index (χ4n) is 4.20. The second kappa shape index (κ2) is 18.0. The molecule has 0 saturated carbocycles. The van der Waals surface area contributed by atoms with Crippen LogP contribution < -0.4 is 14.8 Å². The van der Waals surface area contributed by atoms with Gasteiger partial charge in [-0.15, -0.1) is 0 Å². The van der Waals surface area contributed by atoms with E-state index in [0.29, 0.717) is 11.5 Å². The van der Waals surface area contributed by atoms with Gasteiger partial charge < -0.3 is 14.8 Å². The Kier molecular flexibility index (Phi) is 16.9. The summed E-state index contributed by atoms with van der Waals surface area (Å²) in [4.78, 5) is 15.9. The van der Waals surface area contributed by atoms with E-state index in [1.807, 2.05) is 26.0 Å². The highest BCUT2D eigenvalue weighted by Gasteiger charge is 2.18. The predicted octanol–water partition coefficient (Wildman–Crippen LogP) is 9.00. The van der Waals surface area contributed by atoms with E-state index in [9.17, 15) is 4.79 Å². The van der Waals surface area contributed by atoms with Crippen LogP contribution in [0.1, 0.15) is 112 Å². The Bertz CT molecular complexity index is 866. The Morgan fingerprint density at radius 3 is 2.03 bits per heavy atom. The number of carbonyl (C=O) groups is 1. The molecule has 3 atom stereocenters. The van der Waals surface area contributed by atoms with Crippen LogP contribution in [0.15, 0.2) is 18.3 Å². The monoisotopic (exact) mass is 488 g/mol. The number of fused-ring (bicyclic) bond motifs is 1. The number of methoxy groups -OCH3 is 2. The summed E-state index contributed by atoms with van der Waals surface area (Å²) >= 11 is 0. The van der Waals surface area contributed by atoms with Gasteiger partial charge in [-0.05, 0) is 42.2 Å². The average Bonchev–Trinajstić information content (AvgIpc) is 2.88. The molecule has 0 spiro atoms. The quantitative estimate of drug-likeness (QED) is 0.343. The Labute approximate surface area is 215 Å². The fourth-order valence-corrected chi connectivity index (χ4v) is 4.20. The van der Waals surface area contributed by atoms with Crippen LogP contribution in [0.5, 0.6) is 11.5 Å². The molecule has 0 aliphatic carbocycles. The lowest BCUT2D eigenvalue weighted by molar-refractivity contribution is -0.114. The number of pyridine rings is 1. The highest BCUT2D eigenvalue weighted by molar-refractivity contribution is 5.96. The Balaban J connectivity index is 0.000000754.